The lowest BCUT2D eigenvalue weighted by Gasteiger charge is -2.44. The molecule has 2 heterocycles. The average Bonchev–Trinajstić information content (AvgIpc) is 2.75. The summed E-state index contributed by atoms with van der Waals surface area (Å²) >= 11 is 3.25. The van der Waals surface area contributed by atoms with Gasteiger partial charge in [-0.2, -0.15) is 0 Å². The van der Waals surface area contributed by atoms with Gasteiger partial charge in [-0.15, -0.1) is 0 Å². The van der Waals surface area contributed by atoms with Crippen LogP contribution in [0.2, 0.25) is 0 Å². The van der Waals surface area contributed by atoms with E-state index in [1.165, 1.54) is 6.26 Å². The van der Waals surface area contributed by atoms with E-state index in [0.29, 0.717) is 30.0 Å². The second-order valence-electron chi connectivity index (χ2n) is 4.47. The van der Waals surface area contributed by atoms with Crippen LogP contribution < -0.4 is 0 Å². The number of carbonyl (C=O) groups is 1. The van der Waals surface area contributed by atoms with Gasteiger partial charge < -0.3 is 14.1 Å². The predicted octanol–water partition coefficient (Wildman–Crippen LogP) is 2.68. The van der Waals surface area contributed by atoms with Gasteiger partial charge in [-0.05, 0) is 35.3 Å². The number of hydrogen-bond acceptors (Lipinski definition) is 3. The first-order valence-electron chi connectivity index (χ1n) is 5.71. The molecule has 0 aliphatic carbocycles. The van der Waals surface area contributed by atoms with E-state index in [9.17, 15) is 4.79 Å². The molecule has 1 amide bonds. The highest BCUT2D eigenvalue weighted by molar-refractivity contribution is 9.10. The Morgan fingerprint density at radius 3 is 3.00 bits per heavy atom. The standard InChI is InChI=1S/C12H16BrNO3/c1-3-12(2)8-16-7-5-14(12)11(15)9-4-6-17-10(9)13/h4,6H,3,5,7-8H2,1-2H3/t12-/m0/s1. The fourth-order valence-electron chi connectivity index (χ4n) is 2.03. The summed E-state index contributed by atoms with van der Waals surface area (Å²) in [5.41, 5.74) is 0.345. The molecule has 1 fully saturated rings. The first-order valence-corrected chi connectivity index (χ1v) is 6.50. The number of furan rings is 1. The van der Waals surface area contributed by atoms with Gasteiger partial charge >= 0.3 is 0 Å². The van der Waals surface area contributed by atoms with Crippen molar-refractivity contribution in [1.82, 2.24) is 4.90 Å². The van der Waals surface area contributed by atoms with Gasteiger partial charge in [0.15, 0.2) is 4.67 Å². The van der Waals surface area contributed by atoms with Crippen LogP contribution in [-0.2, 0) is 4.74 Å². The highest BCUT2D eigenvalue weighted by Crippen LogP contribution is 2.28. The van der Waals surface area contributed by atoms with Crippen molar-refractivity contribution < 1.29 is 13.9 Å². The van der Waals surface area contributed by atoms with E-state index in [1.807, 2.05) is 4.90 Å². The summed E-state index contributed by atoms with van der Waals surface area (Å²) in [7, 11) is 0. The minimum absolute atomic E-state index is 0.00160. The van der Waals surface area contributed by atoms with Crippen molar-refractivity contribution in [3.63, 3.8) is 0 Å². The fourth-order valence-corrected chi connectivity index (χ4v) is 2.44. The molecule has 0 radical (unpaired) electrons. The molecule has 0 bridgehead atoms. The Kier molecular flexibility index (Phi) is 3.58. The van der Waals surface area contributed by atoms with Gasteiger partial charge in [0.2, 0.25) is 0 Å². The van der Waals surface area contributed by atoms with E-state index in [2.05, 4.69) is 29.8 Å². The zero-order valence-electron chi connectivity index (χ0n) is 10.0. The third-order valence-corrected chi connectivity index (χ3v) is 3.99. The molecule has 1 aliphatic rings. The van der Waals surface area contributed by atoms with Crippen LogP contribution in [0.25, 0.3) is 0 Å². The molecule has 0 saturated carbocycles. The topological polar surface area (TPSA) is 42.7 Å². The summed E-state index contributed by atoms with van der Waals surface area (Å²) in [4.78, 5) is 14.3. The van der Waals surface area contributed by atoms with Gasteiger partial charge in [0, 0.05) is 6.54 Å². The SMILES string of the molecule is CC[C@@]1(C)COCCN1C(=O)c1ccoc1Br. The van der Waals surface area contributed by atoms with Crippen LogP contribution in [0.3, 0.4) is 0 Å². The molecule has 17 heavy (non-hydrogen) atoms. The predicted molar refractivity (Wildman–Crippen MR) is 67.0 cm³/mol. The van der Waals surface area contributed by atoms with E-state index in [-0.39, 0.29) is 11.4 Å². The van der Waals surface area contributed by atoms with E-state index >= 15 is 0 Å². The van der Waals surface area contributed by atoms with Crippen LogP contribution in [0, 0.1) is 0 Å². The zero-order valence-corrected chi connectivity index (χ0v) is 11.6. The molecule has 4 nitrogen and oxygen atoms in total. The number of carbonyl (C=O) groups excluding carboxylic acids is 1. The fraction of sp³-hybridized carbons (Fsp3) is 0.583. The Hall–Kier alpha value is -0.810. The summed E-state index contributed by atoms with van der Waals surface area (Å²) in [6.07, 6.45) is 2.38. The molecule has 1 atom stereocenters. The number of halogens is 1. The maximum Gasteiger partial charge on any atom is 0.258 e. The minimum atomic E-state index is -0.230. The lowest BCUT2D eigenvalue weighted by molar-refractivity contribution is -0.0466. The molecular weight excluding hydrogens is 286 g/mol. The maximum atomic E-state index is 12.4. The second kappa shape index (κ2) is 4.82. The molecule has 1 aromatic heterocycles. The van der Waals surface area contributed by atoms with Crippen molar-refractivity contribution >= 4 is 21.8 Å². The third kappa shape index (κ3) is 2.26. The number of ether oxygens (including phenoxy) is 1. The smallest absolute Gasteiger partial charge is 0.258 e. The number of amides is 1. The quantitative estimate of drug-likeness (QED) is 0.843. The van der Waals surface area contributed by atoms with E-state index in [1.54, 1.807) is 6.07 Å². The molecular formula is C12H16BrNO3. The lowest BCUT2D eigenvalue weighted by atomic mass is 9.95. The third-order valence-electron chi connectivity index (χ3n) is 3.38. The van der Waals surface area contributed by atoms with Gasteiger partial charge in [0.25, 0.3) is 5.91 Å². The summed E-state index contributed by atoms with van der Waals surface area (Å²) in [5.74, 6) is -0.00160. The number of rotatable bonds is 2. The Morgan fingerprint density at radius 2 is 2.41 bits per heavy atom. The Bertz CT molecular complexity index is 418. The second-order valence-corrected chi connectivity index (χ2v) is 5.19. The number of hydrogen-bond donors (Lipinski definition) is 0. The molecule has 1 aliphatic heterocycles. The largest absolute Gasteiger partial charge is 0.457 e. The van der Waals surface area contributed by atoms with Crippen molar-refractivity contribution in [2.24, 2.45) is 0 Å². The molecule has 0 aromatic carbocycles. The van der Waals surface area contributed by atoms with Gasteiger partial charge in [0.05, 0.1) is 30.6 Å². The first kappa shape index (κ1) is 12.6. The molecule has 0 unspecified atom stereocenters. The van der Waals surface area contributed by atoms with E-state index in [0.717, 1.165) is 6.42 Å². The molecule has 2 rings (SSSR count). The highest BCUT2D eigenvalue weighted by atomic mass is 79.9. The monoisotopic (exact) mass is 301 g/mol. The van der Waals surface area contributed by atoms with Gasteiger partial charge in [0.1, 0.15) is 0 Å². The zero-order chi connectivity index (χ0) is 12.5. The van der Waals surface area contributed by atoms with Crippen molar-refractivity contribution in [2.75, 3.05) is 19.8 Å². The highest BCUT2D eigenvalue weighted by Gasteiger charge is 2.38. The molecule has 0 N–H and O–H groups in total. The molecule has 0 spiro atoms. The van der Waals surface area contributed by atoms with Crippen molar-refractivity contribution in [3.8, 4) is 0 Å². The summed E-state index contributed by atoms with van der Waals surface area (Å²) < 4.78 is 11.1. The van der Waals surface area contributed by atoms with Crippen LogP contribution in [0.15, 0.2) is 21.4 Å². The number of morpholine rings is 1. The van der Waals surface area contributed by atoms with Crippen molar-refractivity contribution in [2.45, 2.75) is 25.8 Å². The van der Waals surface area contributed by atoms with Crippen molar-refractivity contribution in [3.05, 3.63) is 22.6 Å². The van der Waals surface area contributed by atoms with E-state index < -0.39 is 0 Å². The average molecular weight is 302 g/mol. The summed E-state index contributed by atoms with van der Waals surface area (Å²) in [6.45, 7) is 5.93. The Morgan fingerprint density at radius 1 is 1.65 bits per heavy atom. The lowest BCUT2D eigenvalue weighted by Crippen LogP contribution is -2.57. The van der Waals surface area contributed by atoms with Gasteiger partial charge in [-0.1, -0.05) is 6.92 Å². The van der Waals surface area contributed by atoms with Crippen LogP contribution in [0.1, 0.15) is 30.6 Å². The van der Waals surface area contributed by atoms with Crippen LogP contribution in [0.5, 0.6) is 0 Å². The van der Waals surface area contributed by atoms with Crippen LogP contribution in [0.4, 0.5) is 0 Å². The van der Waals surface area contributed by atoms with Gasteiger partial charge in [-0.3, -0.25) is 4.79 Å². The molecule has 94 valence electrons. The summed E-state index contributed by atoms with van der Waals surface area (Å²) in [5, 5.41) is 0. The minimum Gasteiger partial charge on any atom is -0.457 e. The van der Waals surface area contributed by atoms with Crippen LogP contribution >= 0.6 is 15.9 Å². The normalized spacial score (nSPS) is 25.0. The summed E-state index contributed by atoms with van der Waals surface area (Å²) in [6, 6.07) is 1.69. The molecule has 1 aromatic rings. The van der Waals surface area contributed by atoms with Crippen LogP contribution in [-0.4, -0.2) is 36.1 Å². The molecule has 5 heteroatoms. The Balaban J connectivity index is 2.26. The maximum absolute atomic E-state index is 12.4. The Labute approximate surface area is 109 Å². The number of nitrogens with zero attached hydrogens (tertiary/aromatic N) is 1. The van der Waals surface area contributed by atoms with Crippen molar-refractivity contribution in [1.29, 1.82) is 0 Å². The first-order chi connectivity index (χ1) is 8.08. The van der Waals surface area contributed by atoms with E-state index in [4.69, 9.17) is 9.15 Å². The van der Waals surface area contributed by atoms with Gasteiger partial charge in [-0.25, -0.2) is 0 Å². The molecule has 1 saturated heterocycles.